The van der Waals surface area contributed by atoms with E-state index >= 15 is 0 Å². The van der Waals surface area contributed by atoms with Gasteiger partial charge in [0.15, 0.2) is 0 Å². The lowest BCUT2D eigenvalue weighted by molar-refractivity contribution is -0.461. The molecule has 34 heavy (non-hydrogen) atoms. The number of fused-ring (bicyclic) bond motifs is 2. The van der Waals surface area contributed by atoms with Crippen molar-refractivity contribution in [2.24, 2.45) is 0 Å². The highest BCUT2D eigenvalue weighted by atomic mass is 17.3. The highest BCUT2D eigenvalue weighted by Gasteiger charge is 2.37. The zero-order valence-corrected chi connectivity index (χ0v) is 20.4. The van der Waals surface area contributed by atoms with Crippen LogP contribution in [-0.2, 0) is 14.7 Å². The molecule has 0 saturated carbocycles. The molecule has 1 aliphatic carbocycles. The molecule has 2 aliphatic heterocycles. The van der Waals surface area contributed by atoms with Crippen molar-refractivity contribution in [3.05, 3.63) is 76.4 Å². The molecular formula is C29H34N2O3. The fraction of sp³-hybridized carbons (Fsp3) is 0.414. The fourth-order valence-electron chi connectivity index (χ4n) is 5.14. The van der Waals surface area contributed by atoms with Gasteiger partial charge in [0.2, 0.25) is 5.91 Å². The van der Waals surface area contributed by atoms with E-state index in [1.165, 1.54) is 33.4 Å². The number of benzene rings is 2. The molecule has 0 N–H and O–H groups in total. The molecule has 5 heteroatoms. The van der Waals surface area contributed by atoms with Crippen LogP contribution in [0.25, 0.3) is 17.7 Å². The second-order valence-corrected chi connectivity index (χ2v) is 10.4. The second-order valence-electron chi connectivity index (χ2n) is 10.4. The van der Waals surface area contributed by atoms with Crippen molar-refractivity contribution in [3.63, 3.8) is 0 Å². The quantitative estimate of drug-likeness (QED) is 0.372. The summed E-state index contributed by atoms with van der Waals surface area (Å²) in [5.41, 5.74) is 7.43. The average Bonchev–Trinajstić information content (AvgIpc) is 3.24. The van der Waals surface area contributed by atoms with Crippen LogP contribution in [-0.4, -0.2) is 47.1 Å². The summed E-state index contributed by atoms with van der Waals surface area (Å²) in [5, 5.41) is 1.73. The van der Waals surface area contributed by atoms with Gasteiger partial charge in [-0.2, -0.15) is 0 Å². The number of likely N-dealkylation sites (tertiary alicyclic amines) is 1. The Hall–Kier alpha value is -2.73. The van der Waals surface area contributed by atoms with Crippen molar-refractivity contribution < 1.29 is 14.7 Å². The Bertz CT molecular complexity index is 1070. The zero-order valence-electron chi connectivity index (χ0n) is 20.4. The normalized spacial score (nSPS) is 20.8. The van der Waals surface area contributed by atoms with Gasteiger partial charge in [-0.15, -0.1) is 10.1 Å². The maximum Gasteiger partial charge on any atom is 0.242 e. The zero-order chi connectivity index (χ0) is 23.7. The molecule has 2 saturated heterocycles. The van der Waals surface area contributed by atoms with Crippen LogP contribution in [0.3, 0.4) is 0 Å². The van der Waals surface area contributed by atoms with Gasteiger partial charge in [-0.3, -0.25) is 4.79 Å². The Morgan fingerprint density at radius 1 is 0.882 bits per heavy atom. The minimum atomic E-state index is -0.414. The van der Waals surface area contributed by atoms with E-state index in [4.69, 9.17) is 9.88 Å². The van der Waals surface area contributed by atoms with Gasteiger partial charge in [0.25, 0.3) is 0 Å². The Kier molecular flexibility index (Phi) is 6.43. The third-order valence-corrected chi connectivity index (χ3v) is 6.81. The molecule has 0 spiro atoms. The smallest absolute Gasteiger partial charge is 0.242 e. The molecule has 1 amide bonds. The first-order chi connectivity index (χ1) is 16.4. The van der Waals surface area contributed by atoms with Gasteiger partial charge in [0.05, 0.1) is 5.60 Å². The number of piperidine rings is 1. The molecule has 2 aromatic rings. The Morgan fingerprint density at radius 2 is 1.47 bits per heavy atom. The summed E-state index contributed by atoms with van der Waals surface area (Å²) in [4.78, 5) is 26.5. The summed E-state index contributed by atoms with van der Waals surface area (Å²) in [6, 6.07) is 17.0. The summed E-state index contributed by atoms with van der Waals surface area (Å²) in [6.45, 7) is 8.02. The predicted molar refractivity (Wildman–Crippen MR) is 135 cm³/mol. The van der Waals surface area contributed by atoms with Crippen LogP contribution >= 0.6 is 0 Å². The van der Waals surface area contributed by atoms with E-state index in [2.05, 4.69) is 60.7 Å². The van der Waals surface area contributed by atoms with Crippen LogP contribution in [0.4, 0.5) is 0 Å². The highest BCUT2D eigenvalue weighted by Crippen LogP contribution is 2.39. The Balaban J connectivity index is 1.36. The molecule has 1 atom stereocenters. The lowest BCUT2D eigenvalue weighted by Crippen LogP contribution is -2.48. The van der Waals surface area contributed by atoms with Crippen LogP contribution in [0.1, 0.15) is 68.7 Å². The van der Waals surface area contributed by atoms with Crippen molar-refractivity contribution in [1.82, 2.24) is 9.96 Å². The predicted octanol–water partition coefficient (Wildman–Crippen LogP) is 5.72. The molecule has 178 valence electrons. The number of amides is 1. The minimum absolute atomic E-state index is 0.155. The maximum atomic E-state index is 13.4. The van der Waals surface area contributed by atoms with E-state index in [1.54, 1.807) is 5.06 Å². The van der Waals surface area contributed by atoms with Gasteiger partial charge < -0.3 is 4.90 Å². The largest absolute Gasteiger partial charge is 0.341 e. The molecule has 2 fully saturated rings. The van der Waals surface area contributed by atoms with E-state index in [1.807, 2.05) is 25.7 Å². The summed E-state index contributed by atoms with van der Waals surface area (Å²) in [5.74, 6) is 0.155. The number of nitrogens with zero attached hydrogens (tertiary/aromatic N) is 2. The van der Waals surface area contributed by atoms with Crippen LogP contribution in [0.15, 0.2) is 54.1 Å². The van der Waals surface area contributed by atoms with Crippen molar-refractivity contribution in [2.75, 3.05) is 19.6 Å². The van der Waals surface area contributed by atoms with E-state index in [9.17, 15) is 4.79 Å². The first-order valence-corrected chi connectivity index (χ1v) is 12.4. The standard InChI is InChI=1S/C29H34N2O3/c1-29(2,3)33-34-31-18-8-13-26(31)28(32)30-19-16-23(17-20-30)27-24-11-6-4-9-21(24)14-15-22-10-5-7-12-25(22)27/h4-7,9-12,14-15,26H,8,13,16-20H2,1-3H3. The number of carbonyl (C=O) groups excluding carboxylic acids is 1. The minimum Gasteiger partial charge on any atom is -0.341 e. The number of hydrogen-bond donors (Lipinski definition) is 0. The van der Waals surface area contributed by atoms with Crippen molar-refractivity contribution in [2.45, 2.75) is 58.1 Å². The van der Waals surface area contributed by atoms with E-state index < -0.39 is 5.60 Å². The molecule has 2 heterocycles. The van der Waals surface area contributed by atoms with Crippen LogP contribution in [0.2, 0.25) is 0 Å². The van der Waals surface area contributed by atoms with Crippen molar-refractivity contribution >= 4 is 23.6 Å². The maximum absolute atomic E-state index is 13.4. The number of hydrogen-bond acceptors (Lipinski definition) is 4. The summed E-state index contributed by atoms with van der Waals surface area (Å²) in [7, 11) is 0. The molecule has 3 aliphatic rings. The molecule has 0 aromatic heterocycles. The van der Waals surface area contributed by atoms with Crippen molar-refractivity contribution in [3.8, 4) is 0 Å². The Morgan fingerprint density at radius 3 is 2.06 bits per heavy atom. The molecule has 1 unspecified atom stereocenters. The van der Waals surface area contributed by atoms with Crippen LogP contribution in [0, 0.1) is 0 Å². The van der Waals surface area contributed by atoms with E-state index in [-0.39, 0.29) is 11.9 Å². The van der Waals surface area contributed by atoms with Crippen LogP contribution < -0.4 is 0 Å². The first-order valence-electron chi connectivity index (χ1n) is 12.4. The van der Waals surface area contributed by atoms with Gasteiger partial charge in [-0.05, 0) is 74.3 Å². The van der Waals surface area contributed by atoms with Crippen LogP contribution in [0.5, 0.6) is 0 Å². The van der Waals surface area contributed by atoms with E-state index in [0.29, 0.717) is 0 Å². The van der Waals surface area contributed by atoms with Gasteiger partial charge in [0, 0.05) is 19.6 Å². The lowest BCUT2D eigenvalue weighted by Gasteiger charge is -2.34. The third kappa shape index (κ3) is 4.74. The van der Waals surface area contributed by atoms with Crippen molar-refractivity contribution in [1.29, 1.82) is 0 Å². The molecule has 0 bridgehead atoms. The fourth-order valence-corrected chi connectivity index (χ4v) is 5.14. The van der Waals surface area contributed by atoms with Gasteiger partial charge in [-0.25, -0.2) is 4.89 Å². The first kappa shape index (κ1) is 23.0. The SMILES string of the molecule is CC(C)(C)OON1CCCC1C(=O)N1CCC(=C2c3ccccc3C=Cc3ccccc32)CC1. The monoisotopic (exact) mass is 458 g/mol. The Labute approximate surface area is 202 Å². The number of carbonyl (C=O) groups is 1. The molecule has 2 aromatic carbocycles. The van der Waals surface area contributed by atoms with E-state index in [0.717, 1.165) is 45.3 Å². The third-order valence-electron chi connectivity index (χ3n) is 6.81. The molecule has 0 radical (unpaired) electrons. The second kappa shape index (κ2) is 9.49. The van der Waals surface area contributed by atoms with Gasteiger partial charge >= 0.3 is 0 Å². The van der Waals surface area contributed by atoms with Gasteiger partial charge in [-0.1, -0.05) is 66.3 Å². The highest BCUT2D eigenvalue weighted by molar-refractivity contribution is 5.95. The molecular weight excluding hydrogens is 424 g/mol. The molecule has 5 rings (SSSR count). The summed E-state index contributed by atoms with van der Waals surface area (Å²) in [6.07, 6.45) is 7.95. The number of rotatable bonds is 3. The number of hydroxylamine groups is 2. The van der Waals surface area contributed by atoms with Gasteiger partial charge in [0.1, 0.15) is 6.04 Å². The summed E-state index contributed by atoms with van der Waals surface area (Å²) >= 11 is 0. The lowest BCUT2D eigenvalue weighted by atomic mass is 9.86. The molecule has 5 nitrogen and oxygen atoms in total. The average molecular weight is 459 g/mol. The topological polar surface area (TPSA) is 42.0 Å². The summed E-state index contributed by atoms with van der Waals surface area (Å²) < 4.78 is 0.